The third-order valence-corrected chi connectivity index (χ3v) is 6.13. The third kappa shape index (κ3) is 3.49. The number of para-hydroxylation sites is 3. The van der Waals surface area contributed by atoms with Crippen LogP contribution in [0.25, 0.3) is 11.0 Å². The summed E-state index contributed by atoms with van der Waals surface area (Å²) in [4.78, 5) is 20.3. The van der Waals surface area contributed by atoms with E-state index in [0.717, 1.165) is 30.3 Å². The first-order chi connectivity index (χ1) is 15.5. The Kier molecular flexibility index (Phi) is 5.28. The SMILES string of the molecule is CC1=C(C(=O)N2CCCCC2)[C@@H](c2ccccc2OC(F)F)n2c(nc3ccccc32)N1. The van der Waals surface area contributed by atoms with E-state index < -0.39 is 12.7 Å². The van der Waals surface area contributed by atoms with Crippen LogP contribution in [-0.2, 0) is 4.79 Å². The van der Waals surface area contributed by atoms with Crippen molar-refractivity contribution < 1.29 is 18.3 Å². The fraction of sp³-hybridized carbons (Fsp3) is 0.333. The molecular formula is C24H24F2N4O2. The van der Waals surface area contributed by atoms with Gasteiger partial charge in [0, 0.05) is 24.4 Å². The highest BCUT2D eigenvalue weighted by molar-refractivity contribution is 5.98. The molecule has 0 bridgehead atoms. The first-order valence-electron chi connectivity index (χ1n) is 10.8. The van der Waals surface area contributed by atoms with Crippen LogP contribution in [0.15, 0.2) is 59.8 Å². The maximum absolute atomic E-state index is 13.8. The molecule has 5 rings (SSSR count). The fourth-order valence-corrected chi connectivity index (χ4v) is 4.71. The number of amides is 1. The second kappa shape index (κ2) is 8.26. The molecule has 32 heavy (non-hydrogen) atoms. The number of piperidine rings is 1. The molecule has 2 aliphatic heterocycles. The van der Waals surface area contributed by atoms with Gasteiger partial charge < -0.3 is 15.0 Å². The molecule has 166 valence electrons. The molecule has 0 radical (unpaired) electrons. The van der Waals surface area contributed by atoms with Crippen molar-refractivity contribution >= 4 is 22.9 Å². The average molecular weight is 438 g/mol. The van der Waals surface area contributed by atoms with Gasteiger partial charge in [0.2, 0.25) is 5.95 Å². The quantitative estimate of drug-likeness (QED) is 0.627. The van der Waals surface area contributed by atoms with Crippen molar-refractivity contribution in [3.05, 3.63) is 65.4 Å². The van der Waals surface area contributed by atoms with Crippen LogP contribution < -0.4 is 10.1 Å². The topological polar surface area (TPSA) is 59.4 Å². The fourth-order valence-electron chi connectivity index (χ4n) is 4.71. The summed E-state index contributed by atoms with van der Waals surface area (Å²) in [6.07, 6.45) is 3.02. The second-order valence-corrected chi connectivity index (χ2v) is 8.13. The zero-order valence-corrected chi connectivity index (χ0v) is 17.7. The summed E-state index contributed by atoms with van der Waals surface area (Å²) in [6.45, 7) is 0.247. The number of halogens is 2. The molecule has 3 aromatic rings. The molecule has 1 N–H and O–H groups in total. The van der Waals surface area contributed by atoms with Gasteiger partial charge in [-0.3, -0.25) is 9.36 Å². The standard InChI is InChI=1S/C24H24F2N4O2/c1-15-20(22(31)29-13-7-2-8-14-29)21(16-9-3-6-12-19(16)32-23(25)26)30-18-11-5-4-10-17(18)28-24(30)27-15/h3-6,9-12,21,23H,2,7-8,13-14H2,1H3,(H,27,28)/t21-/m1/s1. The van der Waals surface area contributed by atoms with Gasteiger partial charge in [-0.25, -0.2) is 4.98 Å². The van der Waals surface area contributed by atoms with Crippen molar-refractivity contribution in [2.75, 3.05) is 18.4 Å². The van der Waals surface area contributed by atoms with Gasteiger partial charge in [0.05, 0.1) is 22.6 Å². The summed E-state index contributed by atoms with van der Waals surface area (Å²) in [5.41, 5.74) is 3.25. The van der Waals surface area contributed by atoms with Gasteiger partial charge >= 0.3 is 6.61 Å². The van der Waals surface area contributed by atoms with Crippen LogP contribution in [0.1, 0.15) is 37.8 Å². The van der Waals surface area contributed by atoms with Crippen molar-refractivity contribution in [3.8, 4) is 5.75 Å². The van der Waals surface area contributed by atoms with Gasteiger partial charge in [0.15, 0.2) is 0 Å². The number of aromatic nitrogens is 2. The predicted octanol–water partition coefficient (Wildman–Crippen LogP) is 4.94. The molecule has 2 aliphatic rings. The minimum atomic E-state index is -2.97. The molecule has 0 spiro atoms. The normalized spacial score (nSPS) is 18.6. The highest BCUT2D eigenvalue weighted by atomic mass is 19.3. The first kappa shape index (κ1) is 20.5. The maximum atomic E-state index is 13.8. The van der Waals surface area contributed by atoms with Crippen molar-refractivity contribution in [1.82, 2.24) is 14.5 Å². The summed E-state index contributed by atoms with van der Waals surface area (Å²) < 4.78 is 33.3. The number of alkyl halides is 2. The van der Waals surface area contributed by atoms with Gasteiger partial charge in [-0.2, -0.15) is 8.78 Å². The molecule has 6 nitrogen and oxygen atoms in total. The molecule has 1 aromatic heterocycles. The Balaban J connectivity index is 1.72. The van der Waals surface area contributed by atoms with E-state index in [1.807, 2.05) is 40.7 Å². The Morgan fingerprint density at radius 1 is 1.09 bits per heavy atom. The number of allylic oxidation sites excluding steroid dienone is 1. The number of hydrogen-bond donors (Lipinski definition) is 1. The number of carbonyl (C=O) groups excluding carboxylic acids is 1. The van der Waals surface area contributed by atoms with E-state index in [4.69, 9.17) is 4.74 Å². The van der Waals surface area contributed by atoms with E-state index in [9.17, 15) is 13.6 Å². The van der Waals surface area contributed by atoms with Crippen LogP contribution in [0.4, 0.5) is 14.7 Å². The number of fused-ring (bicyclic) bond motifs is 3. The number of rotatable bonds is 4. The lowest BCUT2D eigenvalue weighted by atomic mass is 9.92. The van der Waals surface area contributed by atoms with Crippen molar-refractivity contribution in [1.29, 1.82) is 0 Å². The molecule has 0 aliphatic carbocycles. The molecule has 8 heteroatoms. The van der Waals surface area contributed by atoms with Crippen LogP contribution in [0.5, 0.6) is 5.75 Å². The lowest BCUT2D eigenvalue weighted by Crippen LogP contribution is -2.40. The largest absolute Gasteiger partial charge is 0.434 e. The van der Waals surface area contributed by atoms with E-state index >= 15 is 0 Å². The number of hydrogen-bond acceptors (Lipinski definition) is 4. The number of nitrogens with zero attached hydrogens (tertiary/aromatic N) is 3. The van der Waals surface area contributed by atoms with E-state index in [1.54, 1.807) is 18.2 Å². The lowest BCUT2D eigenvalue weighted by Gasteiger charge is -2.35. The van der Waals surface area contributed by atoms with E-state index in [0.29, 0.717) is 35.9 Å². The second-order valence-electron chi connectivity index (χ2n) is 8.13. The molecule has 3 heterocycles. The Bertz CT molecular complexity index is 1200. The van der Waals surface area contributed by atoms with Gasteiger partial charge in [0.25, 0.3) is 5.91 Å². The van der Waals surface area contributed by atoms with Gasteiger partial charge in [-0.1, -0.05) is 30.3 Å². The Hall–Kier alpha value is -3.42. The van der Waals surface area contributed by atoms with Crippen molar-refractivity contribution in [2.45, 2.75) is 38.8 Å². The van der Waals surface area contributed by atoms with Gasteiger partial charge in [0.1, 0.15) is 5.75 Å². The lowest BCUT2D eigenvalue weighted by molar-refractivity contribution is -0.128. The maximum Gasteiger partial charge on any atom is 0.387 e. The molecule has 1 atom stereocenters. The third-order valence-electron chi connectivity index (χ3n) is 6.13. The molecule has 0 unspecified atom stereocenters. The Labute approximate surface area is 184 Å². The summed E-state index contributed by atoms with van der Waals surface area (Å²) >= 11 is 0. The van der Waals surface area contributed by atoms with E-state index in [2.05, 4.69) is 10.3 Å². The first-order valence-corrected chi connectivity index (χ1v) is 10.8. The number of imidazole rings is 1. The number of nitrogens with one attached hydrogen (secondary N) is 1. The van der Waals surface area contributed by atoms with Crippen LogP contribution >= 0.6 is 0 Å². The highest BCUT2D eigenvalue weighted by Gasteiger charge is 2.37. The minimum absolute atomic E-state index is 0.0508. The number of ether oxygens (including phenoxy) is 1. The zero-order chi connectivity index (χ0) is 22.2. The number of likely N-dealkylation sites (tertiary alicyclic amines) is 1. The minimum Gasteiger partial charge on any atom is -0.434 e. The van der Waals surface area contributed by atoms with Gasteiger partial charge in [-0.05, 0) is 44.4 Å². The smallest absolute Gasteiger partial charge is 0.387 e. The molecule has 1 saturated heterocycles. The van der Waals surface area contributed by atoms with Crippen LogP contribution in [0, 0.1) is 0 Å². The Morgan fingerprint density at radius 2 is 1.81 bits per heavy atom. The van der Waals surface area contributed by atoms with Crippen LogP contribution in [-0.4, -0.2) is 40.1 Å². The molecule has 1 fully saturated rings. The van der Waals surface area contributed by atoms with Crippen LogP contribution in [0.3, 0.4) is 0 Å². The predicted molar refractivity (Wildman–Crippen MR) is 118 cm³/mol. The summed E-state index contributed by atoms with van der Waals surface area (Å²) in [5, 5.41) is 3.27. The summed E-state index contributed by atoms with van der Waals surface area (Å²) in [5.74, 6) is 0.528. The monoisotopic (exact) mass is 438 g/mol. The van der Waals surface area contributed by atoms with E-state index in [1.165, 1.54) is 6.07 Å². The molecule has 0 saturated carbocycles. The molecule has 1 amide bonds. The number of benzene rings is 2. The number of carbonyl (C=O) groups is 1. The van der Waals surface area contributed by atoms with E-state index in [-0.39, 0.29) is 11.7 Å². The number of anilines is 1. The average Bonchev–Trinajstić information content (AvgIpc) is 3.16. The molecular weight excluding hydrogens is 414 g/mol. The van der Waals surface area contributed by atoms with Gasteiger partial charge in [-0.15, -0.1) is 0 Å². The highest BCUT2D eigenvalue weighted by Crippen LogP contribution is 2.43. The van der Waals surface area contributed by atoms with Crippen LogP contribution in [0.2, 0.25) is 0 Å². The zero-order valence-electron chi connectivity index (χ0n) is 17.7. The summed E-state index contributed by atoms with van der Waals surface area (Å²) in [6, 6.07) is 13.6. The molecule has 2 aromatic carbocycles. The van der Waals surface area contributed by atoms with Crippen molar-refractivity contribution in [3.63, 3.8) is 0 Å². The van der Waals surface area contributed by atoms with Crippen molar-refractivity contribution in [2.24, 2.45) is 0 Å². The summed E-state index contributed by atoms with van der Waals surface area (Å²) in [7, 11) is 0. The Morgan fingerprint density at radius 3 is 2.59 bits per heavy atom.